The lowest BCUT2D eigenvalue weighted by molar-refractivity contribution is 0.517. The van der Waals surface area contributed by atoms with E-state index in [0.29, 0.717) is 5.69 Å². The Morgan fingerprint density at radius 1 is 1.17 bits per heavy atom. The molecule has 1 unspecified atom stereocenters. The van der Waals surface area contributed by atoms with E-state index in [9.17, 15) is 8.78 Å². The van der Waals surface area contributed by atoms with Crippen molar-refractivity contribution in [2.24, 2.45) is 0 Å². The summed E-state index contributed by atoms with van der Waals surface area (Å²) in [5.74, 6) is -1.17. The fourth-order valence-corrected chi connectivity index (χ4v) is 2.02. The van der Waals surface area contributed by atoms with E-state index in [1.165, 1.54) is 18.2 Å². The van der Waals surface area contributed by atoms with Crippen molar-refractivity contribution in [3.05, 3.63) is 63.9 Å². The Hall–Kier alpha value is -1.33. The largest absolute Gasteiger partial charge is 0.308 e. The van der Waals surface area contributed by atoms with Gasteiger partial charge >= 0.3 is 0 Å². The Balaban J connectivity index is 2.48. The number of aromatic nitrogens is 1. The number of rotatable bonds is 3. The Labute approximate surface area is 112 Å². The molecule has 2 aromatic rings. The maximum absolute atomic E-state index is 13.7. The maximum Gasteiger partial charge on any atom is 0.131 e. The molecular weight excluding hydrogens is 302 g/mol. The Kier molecular flexibility index (Phi) is 4.04. The van der Waals surface area contributed by atoms with Crippen LogP contribution in [-0.2, 0) is 0 Å². The molecule has 94 valence electrons. The zero-order valence-electron chi connectivity index (χ0n) is 9.62. The highest BCUT2D eigenvalue weighted by atomic mass is 79.9. The van der Waals surface area contributed by atoms with E-state index in [0.717, 1.165) is 4.47 Å². The predicted molar refractivity (Wildman–Crippen MR) is 69.2 cm³/mol. The normalized spacial score (nSPS) is 12.4. The lowest BCUT2D eigenvalue weighted by Gasteiger charge is -2.17. The van der Waals surface area contributed by atoms with Crippen LogP contribution in [0, 0.1) is 11.6 Å². The Bertz CT molecular complexity index is 523. The van der Waals surface area contributed by atoms with Crippen LogP contribution < -0.4 is 5.32 Å². The monoisotopic (exact) mass is 312 g/mol. The molecule has 2 nitrogen and oxygen atoms in total. The third-order valence-electron chi connectivity index (χ3n) is 2.62. The smallest absolute Gasteiger partial charge is 0.131 e. The quantitative estimate of drug-likeness (QED) is 0.939. The first-order valence-corrected chi connectivity index (χ1v) is 6.15. The van der Waals surface area contributed by atoms with Gasteiger partial charge in [0.1, 0.15) is 11.6 Å². The predicted octanol–water partition coefficient (Wildman–Crippen LogP) is 3.43. The topological polar surface area (TPSA) is 24.9 Å². The zero-order chi connectivity index (χ0) is 13.1. The third-order valence-corrected chi connectivity index (χ3v) is 3.09. The van der Waals surface area contributed by atoms with Crippen molar-refractivity contribution in [2.45, 2.75) is 6.04 Å². The van der Waals surface area contributed by atoms with E-state index in [-0.39, 0.29) is 5.56 Å². The second-order valence-electron chi connectivity index (χ2n) is 3.76. The standard InChI is InChI=1S/C13H11BrF2N2/c1-17-13(11-6-5-8(14)7-18-11)12-9(15)3-2-4-10(12)16/h2-7,13,17H,1H3. The lowest BCUT2D eigenvalue weighted by atomic mass is 10.0. The molecule has 1 heterocycles. The third kappa shape index (κ3) is 2.57. The molecule has 0 amide bonds. The van der Waals surface area contributed by atoms with Crippen LogP contribution >= 0.6 is 15.9 Å². The van der Waals surface area contributed by atoms with E-state index >= 15 is 0 Å². The molecule has 0 aliphatic heterocycles. The first-order valence-electron chi connectivity index (χ1n) is 5.36. The summed E-state index contributed by atoms with van der Waals surface area (Å²) in [6.45, 7) is 0. The van der Waals surface area contributed by atoms with Gasteiger partial charge in [0.05, 0.1) is 11.7 Å². The number of hydrogen-bond donors (Lipinski definition) is 1. The molecule has 0 spiro atoms. The average Bonchev–Trinajstić information content (AvgIpc) is 2.35. The fraction of sp³-hybridized carbons (Fsp3) is 0.154. The second-order valence-corrected chi connectivity index (χ2v) is 4.67. The number of benzene rings is 1. The molecule has 2 rings (SSSR count). The van der Waals surface area contributed by atoms with Crippen LogP contribution in [-0.4, -0.2) is 12.0 Å². The average molecular weight is 313 g/mol. The first kappa shape index (κ1) is 13.1. The van der Waals surface area contributed by atoms with E-state index in [1.54, 1.807) is 25.4 Å². The molecule has 1 atom stereocenters. The summed E-state index contributed by atoms with van der Waals surface area (Å²) in [6, 6.07) is 6.71. The molecule has 0 bridgehead atoms. The molecule has 0 saturated heterocycles. The minimum atomic E-state index is -0.612. The van der Waals surface area contributed by atoms with Crippen molar-refractivity contribution in [1.82, 2.24) is 10.3 Å². The highest BCUT2D eigenvalue weighted by Gasteiger charge is 2.21. The van der Waals surface area contributed by atoms with Gasteiger partial charge in [0, 0.05) is 16.2 Å². The second kappa shape index (κ2) is 5.54. The van der Waals surface area contributed by atoms with Crippen molar-refractivity contribution in [3.8, 4) is 0 Å². The van der Waals surface area contributed by atoms with E-state index in [1.807, 2.05) is 0 Å². The summed E-state index contributed by atoms with van der Waals surface area (Å²) >= 11 is 3.27. The van der Waals surface area contributed by atoms with Gasteiger partial charge in [-0.25, -0.2) is 8.78 Å². The molecule has 5 heteroatoms. The summed E-state index contributed by atoms with van der Waals surface area (Å²) in [4.78, 5) is 4.17. The van der Waals surface area contributed by atoms with Gasteiger partial charge in [0.15, 0.2) is 0 Å². The molecule has 1 aromatic carbocycles. The van der Waals surface area contributed by atoms with Crippen molar-refractivity contribution in [1.29, 1.82) is 0 Å². The number of hydrogen-bond acceptors (Lipinski definition) is 2. The Morgan fingerprint density at radius 2 is 1.83 bits per heavy atom. The molecule has 18 heavy (non-hydrogen) atoms. The number of halogens is 3. The van der Waals surface area contributed by atoms with Gasteiger partial charge in [-0.2, -0.15) is 0 Å². The van der Waals surface area contributed by atoms with E-state index in [2.05, 4.69) is 26.2 Å². The number of nitrogens with zero attached hydrogens (tertiary/aromatic N) is 1. The zero-order valence-corrected chi connectivity index (χ0v) is 11.2. The van der Waals surface area contributed by atoms with Gasteiger partial charge in [-0.1, -0.05) is 6.07 Å². The van der Waals surface area contributed by atoms with Crippen LogP contribution in [0.4, 0.5) is 8.78 Å². The van der Waals surface area contributed by atoms with Crippen LogP contribution in [0.25, 0.3) is 0 Å². The van der Waals surface area contributed by atoms with Crippen LogP contribution in [0.5, 0.6) is 0 Å². The van der Waals surface area contributed by atoms with Crippen LogP contribution in [0.15, 0.2) is 41.0 Å². The van der Waals surface area contributed by atoms with Gasteiger partial charge in [0.25, 0.3) is 0 Å². The maximum atomic E-state index is 13.7. The van der Waals surface area contributed by atoms with Crippen molar-refractivity contribution >= 4 is 15.9 Å². The van der Waals surface area contributed by atoms with Gasteiger partial charge in [-0.05, 0) is 47.2 Å². The van der Waals surface area contributed by atoms with Crippen LogP contribution in [0.1, 0.15) is 17.3 Å². The van der Waals surface area contributed by atoms with Crippen molar-refractivity contribution in [2.75, 3.05) is 7.05 Å². The van der Waals surface area contributed by atoms with Gasteiger partial charge < -0.3 is 5.32 Å². The van der Waals surface area contributed by atoms with Gasteiger partial charge in [-0.3, -0.25) is 4.98 Å². The van der Waals surface area contributed by atoms with Crippen molar-refractivity contribution in [3.63, 3.8) is 0 Å². The van der Waals surface area contributed by atoms with E-state index in [4.69, 9.17) is 0 Å². The molecule has 0 aliphatic carbocycles. The highest BCUT2D eigenvalue weighted by Crippen LogP contribution is 2.25. The van der Waals surface area contributed by atoms with E-state index < -0.39 is 17.7 Å². The van der Waals surface area contributed by atoms with Crippen LogP contribution in [0.3, 0.4) is 0 Å². The molecule has 1 N–H and O–H groups in total. The number of nitrogens with one attached hydrogen (secondary N) is 1. The summed E-state index contributed by atoms with van der Waals surface area (Å²) in [5.41, 5.74) is 0.541. The summed E-state index contributed by atoms with van der Waals surface area (Å²) in [6.07, 6.45) is 1.60. The molecule has 0 aliphatic rings. The van der Waals surface area contributed by atoms with Gasteiger partial charge in [0.2, 0.25) is 0 Å². The SMILES string of the molecule is CNC(c1ccc(Br)cn1)c1c(F)cccc1F. The minimum absolute atomic E-state index is 0.0187. The highest BCUT2D eigenvalue weighted by molar-refractivity contribution is 9.10. The minimum Gasteiger partial charge on any atom is -0.308 e. The first-order chi connectivity index (χ1) is 8.63. The summed E-state index contributed by atoms with van der Waals surface area (Å²) in [5, 5.41) is 2.88. The summed E-state index contributed by atoms with van der Waals surface area (Å²) < 4.78 is 28.3. The Morgan fingerprint density at radius 3 is 2.33 bits per heavy atom. The van der Waals surface area contributed by atoms with Crippen LogP contribution in [0.2, 0.25) is 0 Å². The molecule has 0 fully saturated rings. The van der Waals surface area contributed by atoms with Gasteiger partial charge in [-0.15, -0.1) is 0 Å². The van der Waals surface area contributed by atoms with Crippen molar-refractivity contribution < 1.29 is 8.78 Å². The lowest BCUT2D eigenvalue weighted by Crippen LogP contribution is -2.21. The fourth-order valence-electron chi connectivity index (χ4n) is 1.78. The molecule has 0 saturated carbocycles. The molecule has 1 aromatic heterocycles. The molecule has 0 radical (unpaired) electrons. The molecular formula is C13H11BrF2N2. The number of pyridine rings is 1. The summed E-state index contributed by atoms with van der Waals surface area (Å²) in [7, 11) is 1.64.